The van der Waals surface area contributed by atoms with Gasteiger partial charge >= 0.3 is 6.03 Å². The van der Waals surface area contributed by atoms with Crippen LogP contribution in [0, 0.1) is 11.8 Å². The van der Waals surface area contributed by atoms with Crippen molar-refractivity contribution >= 4 is 23.3 Å². The highest BCUT2D eigenvalue weighted by Gasteiger charge is 2.38. The maximum absolute atomic E-state index is 12.0. The number of carbonyl (C=O) groups is 2. The van der Waals surface area contributed by atoms with Gasteiger partial charge in [0.25, 0.3) is 0 Å². The van der Waals surface area contributed by atoms with Gasteiger partial charge in [-0.2, -0.15) is 0 Å². The van der Waals surface area contributed by atoms with E-state index in [9.17, 15) is 9.59 Å². The van der Waals surface area contributed by atoms with E-state index in [-0.39, 0.29) is 17.9 Å². The van der Waals surface area contributed by atoms with Crippen LogP contribution in [0.25, 0.3) is 0 Å². The van der Waals surface area contributed by atoms with Crippen molar-refractivity contribution in [2.75, 3.05) is 10.6 Å². The molecule has 0 heterocycles. The molecule has 5 heteroatoms. The van der Waals surface area contributed by atoms with E-state index in [1.165, 1.54) is 0 Å². The van der Waals surface area contributed by atoms with Crippen molar-refractivity contribution in [2.24, 2.45) is 11.8 Å². The fraction of sp³-hybridized carbons (Fsp3) is 0.263. The zero-order valence-corrected chi connectivity index (χ0v) is 13.6. The van der Waals surface area contributed by atoms with E-state index in [4.69, 9.17) is 0 Å². The summed E-state index contributed by atoms with van der Waals surface area (Å²) in [6.07, 6.45) is 0.979. The third-order valence-electron chi connectivity index (χ3n) is 4.13. The van der Waals surface area contributed by atoms with Gasteiger partial charge in [-0.3, -0.25) is 4.79 Å². The first-order valence-corrected chi connectivity index (χ1v) is 8.11. The molecule has 0 aliphatic heterocycles. The number of para-hydroxylation sites is 1. The summed E-state index contributed by atoms with van der Waals surface area (Å²) in [5, 5.41) is 8.51. The molecule has 0 aromatic heterocycles. The van der Waals surface area contributed by atoms with Gasteiger partial charge in [0.05, 0.1) is 0 Å². The van der Waals surface area contributed by atoms with Crippen LogP contribution < -0.4 is 16.0 Å². The number of anilines is 2. The molecule has 2 aromatic carbocycles. The molecule has 24 heavy (non-hydrogen) atoms. The van der Waals surface area contributed by atoms with E-state index >= 15 is 0 Å². The number of amides is 3. The van der Waals surface area contributed by atoms with Crippen LogP contribution in [0.1, 0.15) is 18.9 Å². The minimum atomic E-state index is -0.297. The van der Waals surface area contributed by atoms with Gasteiger partial charge in [-0.05, 0) is 42.2 Å². The Morgan fingerprint density at radius 1 is 1.00 bits per heavy atom. The standard InChI is InChI=1S/C19H21N3O2/c1-13-10-17(13)18(23)20-12-14-6-5-9-16(11-14)22-19(24)21-15-7-3-2-4-8-15/h2-9,11,13,17H,10,12H2,1H3,(H,20,23)(H2,21,22,24). The van der Waals surface area contributed by atoms with Crippen LogP contribution in [-0.2, 0) is 11.3 Å². The second kappa shape index (κ2) is 7.17. The second-order valence-electron chi connectivity index (χ2n) is 6.18. The molecule has 3 rings (SSSR count). The van der Waals surface area contributed by atoms with Gasteiger partial charge in [-0.25, -0.2) is 4.79 Å². The Labute approximate surface area is 141 Å². The topological polar surface area (TPSA) is 70.2 Å². The molecule has 2 unspecified atom stereocenters. The lowest BCUT2D eigenvalue weighted by Crippen LogP contribution is -2.25. The molecule has 3 N–H and O–H groups in total. The molecule has 1 aliphatic carbocycles. The zero-order chi connectivity index (χ0) is 16.9. The van der Waals surface area contributed by atoms with Crippen molar-refractivity contribution in [3.05, 3.63) is 60.2 Å². The Morgan fingerprint density at radius 3 is 2.38 bits per heavy atom. The Hall–Kier alpha value is -2.82. The van der Waals surface area contributed by atoms with E-state index < -0.39 is 0 Å². The Morgan fingerprint density at radius 2 is 1.67 bits per heavy atom. The normalized spacial score (nSPS) is 18.5. The number of carbonyl (C=O) groups excluding carboxylic acids is 2. The molecule has 0 bridgehead atoms. The van der Waals surface area contributed by atoms with Crippen molar-refractivity contribution in [2.45, 2.75) is 19.9 Å². The van der Waals surface area contributed by atoms with E-state index in [1.807, 2.05) is 54.6 Å². The summed E-state index contributed by atoms with van der Waals surface area (Å²) < 4.78 is 0. The fourth-order valence-corrected chi connectivity index (χ4v) is 2.58. The molecule has 124 valence electrons. The van der Waals surface area contributed by atoms with Crippen molar-refractivity contribution < 1.29 is 9.59 Å². The molecule has 1 saturated carbocycles. The van der Waals surface area contributed by atoms with Crippen molar-refractivity contribution in [1.82, 2.24) is 5.32 Å². The minimum absolute atomic E-state index is 0.114. The first-order chi connectivity index (χ1) is 11.6. The zero-order valence-electron chi connectivity index (χ0n) is 13.6. The molecule has 3 amide bonds. The Kier molecular flexibility index (Phi) is 4.79. The number of hydrogen-bond donors (Lipinski definition) is 3. The van der Waals surface area contributed by atoms with Crippen LogP contribution in [-0.4, -0.2) is 11.9 Å². The highest BCUT2D eigenvalue weighted by molar-refractivity contribution is 5.99. The number of nitrogens with one attached hydrogen (secondary N) is 3. The predicted molar refractivity (Wildman–Crippen MR) is 94.6 cm³/mol. The van der Waals surface area contributed by atoms with Crippen molar-refractivity contribution in [3.63, 3.8) is 0 Å². The van der Waals surface area contributed by atoms with Gasteiger partial charge in [0.1, 0.15) is 0 Å². The third-order valence-corrected chi connectivity index (χ3v) is 4.13. The van der Waals surface area contributed by atoms with Gasteiger partial charge in [-0.1, -0.05) is 37.3 Å². The fourth-order valence-electron chi connectivity index (χ4n) is 2.58. The largest absolute Gasteiger partial charge is 0.352 e. The minimum Gasteiger partial charge on any atom is -0.352 e. The number of hydrogen-bond acceptors (Lipinski definition) is 2. The van der Waals surface area contributed by atoms with Gasteiger partial charge in [0, 0.05) is 23.8 Å². The lowest BCUT2D eigenvalue weighted by atomic mass is 10.2. The van der Waals surface area contributed by atoms with E-state index in [2.05, 4.69) is 22.9 Å². The Balaban J connectivity index is 1.52. The van der Waals surface area contributed by atoms with Crippen LogP contribution in [0.4, 0.5) is 16.2 Å². The van der Waals surface area contributed by atoms with Gasteiger partial charge < -0.3 is 16.0 Å². The first-order valence-electron chi connectivity index (χ1n) is 8.11. The maximum atomic E-state index is 12.0. The van der Waals surface area contributed by atoms with Crippen LogP contribution in [0.15, 0.2) is 54.6 Å². The molecule has 1 aliphatic rings. The van der Waals surface area contributed by atoms with Crippen LogP contribution in [0.3, 0.4) is 0 Å². The lowest BCUT2D eigenvalue weighted by molar-refractivity contribution is -0.122. The highest BCUT2D eigenvalue weighted by atomic mass is 16.2. The summed E-state index contributed by atoms with van der Waals surface area (Å²) in [4.78, 5) is 23.9. The summed E-state index contributed by atoms with van der Waals surface area (Å²) in [6.45, 7) is 2.55. The molecule has 0 spiro atoms. The summed E-state index contributed by atoms with van der Waals surface area (Å²) in [7, 11) is 0. The summed E-state index contributed by atoms with van der Waals surface area (Å²) >= 11 is 0. The number of rotatable bonds is 5. The molecule has 5 nitrogen and oxygen atoms in total. The maximum Gasteiger partial charge on any atom is 0.323 e. The van der Waals surface area contributed by atoms with Gasteiger partial charge in [0.2, 0.25) is 5.91 Å². The number of benzene rings is 2. The van der Waals surface area contributed by atoms with Crippen LogP contribution in [0.2, 0.25) is 0 Å². The monoisotopic (exact) mass is 323 g/mol. The number of urea groups is 1. The molecule has 1 fully saturated rings. The highest BCUT2D eigenvalue weighted by Crippen LogP contribution is 2.37. The predicted octanol–water partition coefficient (Wildman–Crippen LogP) is 3.60. The second-order valence-corrected chi connectivity index (χ2v) is 6.18. The molecule has 0 radical (unpaired) electrons. The molecular weight excluding hydrogens is 302 g/mol. The van der Waals surface area contributed by atoms with E-state index in [1.54, 1.807) is 0 Å². The molecular formula is C19H21N3O2. The van der Waals surface area contributed by atoms with Crippen LogP contribution in [0.5, 0.6) is 0 Å². The summed E-state index contributed by atoms with van der Waals surface area (Å²) in [6, 6.07) is 16.4. The van der Waals surface area contributed by atoms with Crippen molar-refractivity contribution in [3.8, 4) is 0 Å². The van der Waals surface area contributed by atoms with Gasteiger partial charge in [0.15, 0.2) is 0 Å². The van der Waals surface area contributed by atoms with E-state index in [0.29, 0.717) is 18.2 Å². The smallest absolute Gasteiger partial charge is 0.323 e. The molecule has 2 aromatic rings. The molecule has 2 atom stereocenters. The van der Waals surface area contributed by atoms with Crippen molar-refractivity contribution in [1.29, 1.82) is 0 Å². The quantitative estimate of drug-likeness (QED) is 0.787. The average molecular weight is 323 g/mol. The third kappa shape index (κ3) is 4.35. The van der Waals surface area contributed by atoms with Gasteiger partial charge in [-0.15, -0.1) is 0 Å². The summed E-state index contributed by atoms with van der Waals surface area (Å²) in [5.74, 6) is 0.783. The SMILES string of the molecule is CC1CC1C(=O)NCc1cccc(NC(=O)Nc2ccccc2)c1. The summed E-state index contributed by atoms with van der Waals surface area (Å²) in [5.41, 5.74) is 2.38. The average Bonchev–Trinajstić information content (AvgIpc) is 3.31. The molecule has 0 saturated heterocycles. The van der Waals surface area contributed by atoms with Crippen LogP contribution >= 0.6 is 0 Å². The lowest BCUT2D eigenvalue weighted by Gasteiger charge is -2.10. The Bertz CT molecular complexity index is 730. The first kappa shape index (κ1) is 16.1. The van der Waals surface area contributed by atoms with E-state index in [0.717, 1.165) is 17.7 Å².